The number of halogens is 2. The lowest BCUT2D eigenvalue weighted by Crippen LogP contribution is -2.36. The summed E-state index contributed by atoms with van der Waals surface area (Å²) in [5, 5.41) is 2.32. The van der Waals surface area contributed by atoms with Crippen LogP contribution >= 0.6 is 15.9 Å². The zero-order valence-electron chi connectivity index (χ0n) is 10.9. The summed E-state index contributed by atoms with van der Waals surface area (Å²) in [6.45, 7) is 5.09. The van der Waals surface area contributed by atoms with E-state index in [1.54, 1.807) is 26.8 Å². The van der Waals surface area contributed by atoms with Gasteiger partial charge in [0.15, 0.2) is 0 Å². The van der Waals surface area contributed by atoms with Crippen molar-refractivity contribution >= 4 is 28.3 Å². The number of rotatable bonds is 3. The maximum Gasteiger partial charge on any atom is 0.408 e. The third kappa shape index (κ3) is 4.63. The van der Waals surface area contributed by atoms with Gasteiger partial charge in [0.05, 0.1) is 0 Å². The summed E-state index contributed by atoms with van der Waals surface area (Å²) < 4.78 is 19.1. The Labute approximate surface area is 119 Å². The van der Waals surface area contributed by atoms with E-state index in [0.29, 0.717) is 10.8 Å². The van der Waals surface area contributed by atoms with Crippen molar-refractivity contribution in [1.82, 2.24) is 5.32 Å². The number of benzene rings is 1. The second-order valence-corrected chi connectivity index (χ2v) is 5.75. The first-order valence-corrected chi connectivity index (χ1v) is 6.42. The van der Waals surface area contributed by atoms with Crippen LogP contribution in [0.4, 0.5) is 9.18 Å². The molecule has 0 saturated heterocycles. The molecule has 0 bridgehead atoms. The number of hydrogen-bond donors (Lipinski definition) is 1. The Morgan fingerprint density at radius 2 is 2.11 bits per heavy atom. The van der Waals surface area contributed by atoms with Gasteiger partial charge < -0.3 is 14.8 Å². The van der Waals surface area contributed by atoms with Crippen LogP contribution in [-0.2, 0) is 9.53 Å². The van der Waals surface area contributed by atoms with Gasteiger partial charge in [0.2, 0.25) is 0 Å². The molecule has 19 heavy (non-hydrogen) atoms. The molecule has 0 heterocycles. The normalized spacial score (nSPS) is 12.7. The van der Waals surface area contributed by atoms with Crippen LogP contribution in [0.2, 0.25) is 0 Å². The highest BCUT2D eigenvalue weighted by atomic mass is 79.9. The monoisotopic (exact) mass is 331 g/mol. The highest BCUT2D eigenvalue weighted by Crippen LogP contribution is 2.25. The van der Waals surface area contributed by atoms with Crippen LogP contribution in [0.5, 0.6) is 0 Å². The molecule has 6 heteroatoms. The molecule has 0 aliphatic rings. The summed E-state index contributed by atoms with van der Waals surface area (Å²) in [6, 6.07) is 3.20. The smallest absolute Gasteiger partial charge is 0.408 e. The van der Waals surface area contributed by atoms with Gasteiger partial charge in [0.1, 0.15) is 23.7 Å². The van der Waals surface area contributed by atoms with E-state index in [2.05, 4.69) is 21.2 Å². The summed E-state index contributed by atoms with van der Waals surface area (Å²) in [4.78, 5) is 22.6. The quantitative estimate of drug-likeness (QED) is 0.864. The van der Waals surface area contributed by atoms with Crippen molar-refractivity contribution in [1.29, 1.82) is 0 Å². The molecule has 1 N–H and O–H groups in total. The van der Waals surface area contributed by atoms with Crippen LogP contribution in [0.25, 0.3) is 0 Å². The van der Waals surface area contributed by atoms with Gasteiger partial charge in [-0.05, 0) is 32.9 Å². The van der Waals surface area contributed by atoms with Crippen molar-refractivity contribution in [3.63, 3.8) is 0 Å². The van der Waals surface area contributed by atoms with Crippen LogP contribution in [-0.4, -0.2) is 18.0 Å². The molecule has 1 amide bonds. The standard InChI is InChI=1S/C13H15BrFNO3/c1-13(2,3)19-12(18)16-10(7-17)11-8(14)5-4-6-9(11)15/h4-7,10H,1-3H3,(H,16,18). The first kappa shape index (κ1) is 15.6. The van der Waals surface area contributed by atoms with Crippen molar-refractivity contribution < 1.29 is 18.7 Å². The van der Waals surface area contributed by atoms with Gasteiger partial charge in [0, 0.05) is 10.0 Å². The molecule has 0 aliphatic heterocycles. The highest BCUT2D eigenvalue weighted by molar-refractivity contribution is 9.10. The number of nitrogens with one attached hydrogen (secondary N) is 1. The number of hydrogen-bond acceptors (Lipinski definition) is 3. The van der Waals surface area contributed by atoms with Crippen LogP contribution < -0.4 is 5.32 Å². The Morgan fingerprint density at radius 3 is 2.58 bits per heavy atom. The maximum absolute atomic E-state index is 13.7. The third-order valence-electron chi connectivity index (χ3n) is 2.12. The Morgan fingerprint density at radius 1 is 1.47 bits per heavy atom. The van der Waals surface area contributed by atoms with Crippen LogP contribution in [0.15, 0.2) is 22.7 Å². The fourth-order valence-electron chi connectivity index (χ4n) is 1.42. The lowest BCUT2D eigenvalue weighted by molar-refractivity contribution is -0.109. The van der Waals surface area contributed by atoms with E-state index in [0.717, 1.165) is 0 Å². The van der Waals surface area contributed by atoms with Crippen molar-refractivity contribution in [2.75, 3.05) is 0 Å². The fourth-order valence-corrected chi connectivity index (χ4v) is 2.01. The molecule has 4 nitrogen and oxygen atoms in total. The van der Waals surface area contributed by atoms with E-state index in [1.807, 2.05) is 0 Å². The second-order valence-electron chi connectivity index (χ2n) is 4.90. The predicted molar refractivity (Wildman–Crippen MR) is 72.3 cm³/mol. The molecule has 1 unspecified atom stereocenters. The molecule has 1 aromatic rings. The minimum Gasteiger partial charge on any atom is -0.444 e. The van der Waals surface area contributed by atoms with Crippen molar-refractivity contribution in [3.05, 3.63) is 34.1 Å². The Kier molecular flexibility index (Phi) is 5.05. The average Bonchev–Trinajstić information content (AvgIpc) is 2.24. The highest BCUT2D eigenvalue weighted by Gasteiger charge is 2.23. The van der Waals surface area contributed by atoms with Gasteiger partial charge in [-0.2, -0.15) is 0 Å². The van der Waals surface area contributed by atoms with Crippen molar-refractivity contribution in [2.24, 2.45) is 0 Å². The molecule has 0 aliphatic carbocycles. The number of amides is 1. The number of ether oxygens (including phenoxy) is 1. The van der Waals surface area contributed by atoms with E-state index >= 15 is 0 Å². The van der Waals surface area contributed by atoms with Gasteiger partial charge in [-0.1, -0.05) is 22.0 Å². The molecule has 0 aromatic heterocycles. The molecule has 0 saturated carbocycles. The van der Waals surface area contributed by atoms with Crippen LogP contribution in [0.3, 0.4) is 0 Å². The van der Waals surface area contributed by atoms with E-state index in [4.69, 9.17) is 4.74 Å². The summed E-state index contributed by atoms with van der Waals surface area (Å²) >= 11 is 3.15. The molecule has 1 rings (SSSR count). The summed E-state index contributed by atoms with van der Waals surface area (Å²) in [5.41, 5.74) is -0.618. The van der Waals surface area contributed by atoms with E-state index in [1.165, 1.54) is 12.1 Å². The average molecular weight is 332 g/mol. The van der Waals surface area contributed by atoms with Gasteiger partial charge in [-0.15, -0.1) is 0 Å². The number of alkyl carbamates (subject to hydrolysis) is 1. The molecular weight excluding hydrogens is 317 g/mol. The van der Waals surface area contributed by atoms with Crippen LogP contribution in [0, 0.1) is 5.82 Å². The second kappa shape index (κ2) is 6.14. The zero-order chi connectivity index (χ0) is 14.6. The van der Waals surface area contributed by atoms with Crippen molar-refractivity contribution in [3.8, 4) is 0 Å². The zero-order valence-corrected chi connectivity index (χ0v) is 12.5. The van der Waals surface area contributed by atoms with E-state index in [-0.39, 0.29) is 5.56 Å². The summed E-state index contributed by atoms with van der Waals surface area (Å²) in [7, 11) is 0. The SMILES string of the molecule is CC(C)(C)OC(=O)NC(C=O)c1c(F)cccc1Br. The molecule has 0 radical (unpaired) electrons. The first-order valence-electron chi connectivity index (χ1n) is 5.63. The minimum atomic E-state index is -1.11. The van der Waals surface area contributed by atoms with E-state index < -0.39 is 23.6 Å². The summed E-state index contributed by atoms with van der Waals surface area (Å²) in [6.07, 6.45) is -0.327. The van der Waals surface area contributed by atoms with Crippen LogP contribution in [0.1, 0.15) is 32.4 Å². The van der Waals surface area contributed by atoms with E-state index in [9.17, 15) is 14.0 Å². The van der Waals surface area contributed by atoms with Gasteiger partial charge >= 0.3 is 6.09 Å². The van der Waals surface area contributed by atoms with Crippen molar-refractivity contribution in [2.45, 2.75) is 32.4 Å². The number of carbonyl (C=O) groups excluding carboxylic acids is 2. The largest absolute Gasteiger partial charge is 0.444 e. The molecule has 0 fully saturated rings. The predicted octanol–water partition coefficient (Wildman–Crippen LogP) is 3.35. The topological polar surface area (TPSA) is 55.4 Å². The third-order valence-corrected chi connectivity index (χ3v) is 2.81. The number of aldehydes is 1. The van der Waals surface area contributed by atoms with Gasteiger partial charge in [-0.3, -0.25) is 0 Å². The molecule has 1 atom stereocenters. The lowest BCUT2D eigenvalue weighted by atomic mass is 10.1. The Hall–Kier alpha value is -1.43. The van der Waals surface area contributed by atoms with Gasteiger partial charge in [0.25, 0.3) is 0 Å². The first-order chi connectivity index (χ1) is 8.74. The lowest BCUT2D eigenvalue weighted by Gasteiger charge is -2.22. The maximum atomic E-state index is 13.7. The number of carbonyl (C=O) groups is 2. The Bertz CT molecular complexity index is 465. The Balaban J connectivity index is 2.91. The van der Waals surface area contributed by atoms with Gasteiger partial charge in [-0.25, -0.2) is 9.18 Å². The molecule has 1 aromatic carbocycles. The summed E-state index contributed by atoms with van der Waals surface area (Å²) in [5.74, 6) is -0.581. The molecular formula is C13H15BrFNO3. The molecule has 104 valence electrons. The molecule has 0 spiro atoms. The minimum absolute atomic E-state index is 0.0726. The fraction of sp³-hybridized carbons (Fsp3) is 0.385.